The lowest BCUT2D eigenvalue weighted by Gasteiger charge is -2.09. The molecule has 1 amide bonds. The summed E-state index contributed by atoms with van der Waals surface area (Å²) >= 11 is 11.5. The van der Waals surface area contributed by atoms with Crippen molar-refractivity contribution >= 4 is 45.8 Å². The zero-order valence-corrected chi connectivity index (χ0v) is 13.8. The topological polar surface area (TPSA) is 59.3 Å². The molecule has 0 atom stereocenters. The van der Waals surface area contributed by atoms with Gasteiger partial charge in [-0.2, -0.15) is 0 Å². The number of anilines is 1. The lowest BCUT2D eigenvalue weighted by atomic mass is 10.1. The predicted molar refractivity (Wildman–Crippen MR) is 91.6 cm³/mol. The van der Waals surface area contributed by atoms with Crippen molar-refractivity contribution in [2.24, 2.45) is 0 Å². The third-order valence-corrected chi connectivity index (χ3v) is 4.07. The maximum absolute atomic E-state index is 13.5. The van der Waals surface area contributed by atoms with Crippen molar-refractivity contribution in [3.8, 4) is 0 Å². The van der Waals surface area contributed by atoms with Gasteiger partial charge in [0.25, 0.3) is 5.91 Å². The third-order valence-electron chi connectivity index (χ3n) is 3.46. The highest BCUT2D eigenvalue weighted by Gasteiger charge is 2.15. The minimum atomic E-state index is -0.744. The molecule has 0 saturated carbocycles. The van der Waals surface area contributed by atoms with Crippen molar-refractivity contribution in [3.63, 3.8) is 0 Å². The van der Waals surface area contributed by atoms with Gasteiger partial charge in [0.2, 0.25) is 0 Å². The van der Waals surface area contributed by atoms with Gasteiger partial charge in [0, 0.05) is 23.2 Å². The van der Waals surface area contributed by atoms with Crippen LogP contribution in [0.3, 0.4) is 0 Å². The normalized spacial score (nSPS) is 10.8. The van der Waals surface area contributed by atoms with Crippen LogP contribution in [0.1, 0.15) is 15.9 Å². The van der Waals surface area contributed by atoms with Gasteiger partial charge in [-0.25, -0.2) is 9.18 Å². The van der Waals surface area contributed by atoms with E-state index in [0.717, 1.165) is 23.1 Å². The van der Waals surface area contributed by atoms with Gasteiger partial charge >= 0.3 is 5.63 Å². The number of rotatable bonds is 2. The highest BCUT2D eigenvalue weighted by Crippen LogP contribution is 2.26. The summed E-state index contributed by atoms with van der Waals surface area (Å²) in [6.07, 6.45) is 0. The molecular formula is C17H10Cl2FNO3. The molecule has 3 aromatic rings. The summed E-state index contributed by atoms with van der Waals surface area (Å²) in [5.74, 6) is -1.35. The molecule has 0 radical (unpaired) electrons. The Hall–Kier alpha value is -2.37. The van der Waals surface area contributed by atoms with E-state index in [-0.39, 0.29) is 15.6 Å². The Labute approximate surface area is 145 Å². The van der Waals surface area contributed by atoms with Crippen LogP contribution in [0.15, 0.2) is 45.6 Å². The van der Waals surface area contributed by atoms with Crippen molar-refractivity contribution in [3.05, 3.63) is 73.8 Å². The van der Waals surface area contributed by atoms with Gasteiger partial charge in [-0.15, -0.1) is 0 Å². The average Bonchev–Trinajstić information content (AvgIpc) is 2.50. The van der Waals surface area contributed by atoms with Crippen LogP contribution in [0.2, 0.25) is 10.0 Å². The Bertz CT molecular complexity index is 1030. The minimum absolute atomic E-state index is 0.0297. The molecule has 4 nitrogen and oxygen atoms in total. The van der Waals surface area contributed by atoms with E-state index >= 15 is 0 Å². The van der Waals surface area contributed by atoms with Crippen LogP contribution in [0.4, 0.5) is 10.1 Å². The van der Waals surface area contributed by atoms with Gasteiger partial charge < -0.3 is 9.73 Å². The van der Waals surface area contributed by atoms with Crippen molar-refractivity contribution in [1.82, 2.24) is 0 Å². The van der Waals surface area contributed by atoms with E-state index in [1.165, 1.54) is 12.1 Å². The van der Waals surface area contributed by atoms with Crippen molar-refractivity contribution < 1.29 is 13.6 Å². The minimum Gasteiger partial charge on any atom is -0.423 e. The monoisotopic (exact) mass is 365 g/mol. The predicted octanol–water partition coefficient (Wildman–Crippen LogP) is 4.80. The fourth-order valence-corrected chi connectivity index (χ4v) is 2.77. The molecule has 0 bridgehead atoms. The molecule has 0 unspecified atom stereocenters. The van der Waals surface area contributed by atoms with Gasteiger partial charge in [-0.05, 0) is 36.8 Å². The molecule has 3 rings (SSSR count). The molecule has 0 aliphatic carbocycles. The van der Waals surface area contributed by atoms with Crippen LogP contribution < -0.4 is 10.9 Å². The molecule has 2 aromatic carbocycles. The molecule has 0 aliphatic rings. The number of aryl methyl sites for hydroxylation is 1. The highest BCUT2D eigenvalue weighted by atomic mass is 35.5. The van der Waals surface area contributed by atoms with Crippen LogP contribution in [0, 0.1) is 12.7 Å². The van der Waals surface area contributed by atoms with Crippen LogP contribution in [0.5, 0.6) is 0 Å². The maximum Gasteiger partial charge on any atom is 0.336 e. The molecule has 0 fully saturated rings. The van der Waals surface area contributed by atoms with Crippen LogP contribution >= 0.6 is 23.2 Å². The number of hydrogen-bond donors (Lipinski definition) is 1. The average molecular weight is 366 g/mol. The number of fused-ring (bicyclic) bond motifs is 1. The van der Waals surface area contributed by atoms with Crippen molar-refractivity contribution in [1.29, 1.82) is 0 Å². The van der Waals surface area contributed by atoms with E-state index in [1.807, 2.05) is 0 Å². The largest absolute Gasteiger partial charge is 0.423 e. The molecule has 0 spiro atoms. The lowest BCUT2D eigenvalue weighted by Crippen LogP contribution is -2.13. The van der Waals surface area contributed by atoms with Crippen LogP contribution in [-0.4, -0.2) is 5.91 Å². The second kappa shape index (κ2) is 6.26. The van der Waals surface area contributed by atoms with Gasteiger partial charge in [0.15, 0.2) is 0 Å². The van der Waals surface area contributed by atoms with E-state index in [0.29, 0.717) is 11.3 Å². The van der Waals surface area contributed by atoms with Gasteiger partial charge in [-0.3, -0.25) is 4.79 Å². The molecule has 122 valence electrons. The maximum atomic E-state index is 13.5. The lowest BCUT2D eigenvalue weighted by molar-refractivity contribution is 0.102. The van der Waals surface area contributed by atoms with Crippen LogP contribution in [0.25, 0.3) is 11.0 Å². The Morgan fingerprint density at radius 3 is 2.62 bits per heavy atom. The number of hydrogen-bond acceptors (Lipinski definition) is 3. The van der Waals surface area contributed by atoms with Crippen molar-refractivity contribution in [2.75, 3.05) is 5.32 Å². The fourth-order valence-electron chi connectivity index (χ4n) is 2.30. The molecule has 0 aliphatic heterocycles. The molecule has 1 heterocycles. The van der Waals surface area contributed by atoms with Crippen LogP contribution in [-0.2, 0) is 0 Å². The number of carbonyl (C=O) groups is 1. The molecule has 7 heteroatoms. The first-order valence-electron chi connectivity index (χ1n) is 6.85. The first-order chi connectivity index (χ1) is 11.3. The number of nitrogens with one attached hydrogen (secondary N) is 1. The third kappa shape index (κ3) is 3.13. The van der Waals surface area contributed by atoms with Gasteiger partial charge in [0.1, 0.15) is 11.4 Å². The molecule has 24 heavy (non-hydrogen) atoms. The second-order valence-corrected chi connectivity index (χ2v) is 5.97. The van der Waals surface area contributed by atoms with E-state index in [1.54, 1.807) is 19.1 Å². The zero-order chi connectivity index (χ0) is 17.4. The first-order valence-corrected chi connectivity index (χ1v) is 7.61. The van der Waals surface area contributed by atoms with Crippen molar-refractivity contribution in [2.45, 2.75) is 6.92 Å². The Morgan fingerprint density at radius 2 is 1.88 bits per heavy atom. The SMILES string of the molecule is Cc1cc(=O)oc2cc(NC(=O)c3cc(F)c(Cl)cc3Cl)ccc12. The summed E-state index contributed by atoms with van der Waals surface area (Å²) in [4.78, 5) is 23.7. The summed E-state index contributed by atoms with van der Waals surface area (Å²) in [5.41, 5.74) is 0.955. The van der Waals surface area contributed by atoms with E-state index < -0.39 is 17.3 Å². The molecular weight excluding hydrogens is 356 g/mol. The molecule has 1 N–H and O–H groups in total. The Kier molecular flexibility index (Phi) is 4.30. The summed E-state index contributed by atoms with van der Waals surface area (Å²) in [7, 11) is 0. The second-order valence-electron chi connectivity index (χ2n) is 5.16. The number of benzene rings is 2. The number of halogens is 3. The number of carbonyl (C=O) groups excluding carboxylic acids is 1. The highest BCUT2D eigenvalue weighted by molar-refractivity contribution is 6.37. The summed E-state index contributed by atoms with van der Waals surface area (Å²) < 4.78 is 18.7. The Balaban J connectivity index is 1.96. The summed E-state index contributed by atoms with van der Waals surface area (Å²) in [6, 6.07) is 8.39. The van der Waals surface area contributed by atoms with E-state index in [2.05, 4.69) is 5.32 Å². The first kappa shape index (κ1) is 16.5. The summed E-state index contributed by atoms with van der Waals surface area (Å²) in [5, 5.41) is 3.20. The smallest absolute Gasteiger partial charge is 0.336 e. The molecule has 1 aromatic heterocycles. The molecule has 0 saturated heterocycles. The zero-order valence-electron chi connectivity index (χ0n) is 12.3. The standard InChI is InChI=1S/C17H10Cl2FNO3/c1-8-4-16(22)24-15-5-9(2-3-10(8)15)21-17(23)11-6-14(20)13(19)7-12(11)18/h2-7H,1H3,(H,21,23). The van der Waals surface area contributed by atoms with E-state index in [4.69, 9.17) is 27.6 Å². The van der Waals surface area contributed by atoms with E-state index in [9.17, 15) is 14.0 Å². The Morgan fingerprint density at radius 1 is 1.12 bits per heavy atom. The summed E-state index contributed by atoms with van der Waals surface area (Å²) in [6.45, 7) is 1.79. The van der Waals surface area contributed by atoms with Gasteiger partial charge in [-0.1, -0.05) is 23.2 Å². The fraction of sp³-hybridized carbons (Fsp3) is 0.0588. The quantitative estimate of drug-likeness (QED) is 0.524. The number of amides is 1. The van der Waals surface area contributed by atoms with Gasteiger partial charge in [0.05, 0.1) is 15.6 Å².